The molecule has 5 nitrogen and oxygen atoms in total. The van der Waals surface area contributed by atoms with Crippen LogP contribution in [0.3, 0.4) is 0 Å². The molecule has 2 aromatic heterocycles. The average molecular weight is 416 g/mol. The van der Waals surface area contributed by atoms with Crippen molar-refractivity contribution >= 4 is 22.9 Å². The molecule has 0 bridgehead atoms. The summed E-state index contributed by atoms with van der Waals surface area (Å²) in [5.74, 6) is 0. The molecule has 0 amide bonds. The minimum atomic E-state index is -0.929. The van der Waals surface area contributed by atoms with Crippen molar-refractivity contribution in [1.29, 1.82) is 0 Å². The number of halogens is 1. The molecule has 0 spiro atoms. The molecule has 4 rings (SSSR count). The normalized spacial score (nSPS) is 16.9. The van der Waals surface area contributed by atoms with E-state index in [1.807, 2.05) is 41.8 Å². The molecule has 1 aliphatic rings. The van der Waals surface area contributed by atoms with Crippen LogP contribution in [0.5, 0.6) is 0 Å². The molecule has 0 radical (unpaired) electrons. The van der Waals surface area contributed by atoms with E-state index >= 15 is 0 Å². The highest BCUT2D eigenvalue weighted by Crippen LogP contribution is 2.27. The topological polar surface area (TPSA) is 58.4 Å². The number of likely N-dealkylation sites (tertiary alicyclic amines) is 1. The third-order valence-corrected chi connectivity index (χ3v) is 6.48. The van der Waals surface area contributed by atoms with Crippen LogP contribution in [-0.4, -0.2) is 38.5 Å². The Hall–Kier alpha value is -1.99. The Morgan fingerprint density at radius 1 is 1.11 bits per heavy atom. The van der Waals surface area contributed by atoms with Gasteiger partial charge in [-0.2, -0.15) is 5.10 Å². The number of hydrogen-bond donors (Lipinski definition) is 1. The van der Waals surface area contributed by atoms with Gasteiger partial charge in [-0.25, -0.2) is 4.68 Å². The Kier molecular flexibility index (Phi) is 5.64. The molecule has 1 aromatic carbocycles. The van der Waals surface area contributed by atoms with E-state index in [4.69, 9.17) is 11.6 Å². The monoisotopic (exact) mass is 415 g/mol. The van der Waals surface area contributed by atoms with Crippen LogP contribution in [0, 0.1) is 0 Å². The highest BCUT2D eigenvalue weighted by atomic mass is 35.5. The van der Waals surface area contributed by atoms with E-state index in [-0.39, 0.29) is 12.1 Å². The third-order valence-electron chi connectivity index (χ3n) is 5.22. The summed E-state index contributed by atoms with van der Waals surface area (Å²) in [4.78, 5) is 15.6. The van der Waals surface area contributed by atoms with E-state index in [9.17, 15) is 9.90 Å². The Bertz CT molecular complexity index is 995. The molecular weight excluding hydrogens is 394 g/mol. The fourth-order valence-corrected chi connectivity index (χ4v) is 4.44. The van der Waals surface area contributed by atoms with Crippen LogP contribution < -0.4 is 5.56 Å². The van der Waals surface area contributed by atoms with Crippen molar-refractivity contribution in [1.82, 2.24) is 14.7 Å². The summed E-state index contributed by atoms with van der Waals surface area (Å²) in [6.45, 7) is 2.48. The quantitative estimate of drug-likeness (QED) is 0.691. The van der Waals surface area contributed by atoms with E-state index in [0.29, 0.717) is 12.8 Å². The number of hydrogen-bond acceptors (Lipinski definition) is 5. The van der Waals surface area contributed by atoms with Gasteiger partial charge < -0.3 is 5.11 Å². The molecule has 0 atom stereocenters. The smallest absolute Gasteiger partial charge is 0.266 e. The lowest BCUT2D eigenvalue weighted by atomic mass is 9.91. The molecule has 28 heavy (non-hydrogen) atoms. The molecule has 1 N–H and O–H groups in total. The van der Waals surface area contributed by atoms with E-state index in [1.54, 1.807) is 17.4 Å². The van der Waals surface area contributed by atoms with Crippen molar-refractivity contribution in [3.05, 3.63) is 74.9 Å². The largest absolute Gasteiger partial charge is 0.388 e. The van der Waals surface area contributed by atoms with Crippen LogP contribution in [-0.2, 0) is 13.1 Å². The summed E-state index contributed by atoms with van der Waals surface area (Å²) in [6, 6.07) is 15.0. The SMILES string of the molecule is O=c1ccc(-c2cccs2)nn1CC1(O)CCN(Cc2ccccc2Cl)CC1. The Balaban J connectivity index is 1.43. The lowest BCUT2D eigenvalue weighted by molar-refractivity contribution is -0.0389. The van der Waals surface area contributed by atoms with Crippen LogP contribution in [0.4, 0.5) is 0 Å². The maximum atomic E-state index is 12.3. The van der Waals surface area contributed by atoms with Gasteiger partial charge in [0.05, 0.1) is 17.0 Å². The molecule has 1 saturated heterocycles. The van der Waals surface area contributed by atoms with Crippen LogP contribution in [0.15, 0.2) is 58.7 Å². The van der Waals surface area contributed by atoms with Crippen LogP contribution >= 0.6 is 22.9 Å². The fourth-order valence-electron chi connectivity index (χ4n) is 3.55. The fraction of sp³-hybridized carbons (Fsp3) is 0.333. The summed E-state index contributed by atoms with van der Waals surface area (Å²) < 4.78 is 1.40. The van der Waals surface area contributed by atoms with E-state index < -0.39 is 5.60 Å². The summed E-state index contributed by atoms with van der Waals surface area (Å²) in [6.07, 6.45) is 1.18. The molecular formula is C21H22ClN3O2S. The Morgan fingerprint density at radius 2 is 1.89 bits per heavy atom. The van der Waals surface area contributed by atoms with Crippen molar-refractivity contribution in [2.24, 2.45) is 0 Å². The zero-order chi connectivity index (χ0) is 19.6. The Morgan fingerprint density at radius 3 is 2.61 bits per heavy atom. The summed E-state index contributed by atoms with van der Waals surface area (Å²) in [7, 11) is 0. The zero-order valence-corrected chi connectivity index (χ0v) is 17.0. The minimum Gasteiger partial charge on any atom is -0.388 e. The van der Waals surface area contributed by atoms with Crippen molar-refractivity contribution < 1.29 is 5.11 Å². The van der Waals surface area contributed by atoms with Gasteiger partial charge in [0.2, 0.25) is 0 Å². The first-order valence-electron chi connectivity index (χ1n) is 9.33. The van der Waals surface area contributed by atoms with Gasteiger partial charge in [-0.05, 0) is 42.0 Å². The lowest BCUT2D eigenvalue weighted by Crippen LogP contribution is -2.48. The number of aromatic nitrogens is 2. The van der Waals surface area contributed by atoms with Gasteiger partial charge in [0, 0.05) is 30.7 Å². The summed E-state index contributed by atoms with van der Waals surface area (Å²) in [5.41, 5.74) is 0.736. The minimum absolute atomic E-state index is 0.188. The van der Waals surface area contributed by atoms with Gasteiger partial charge in [-0.15, -0.1) is 11.3 Å². The van der Waals surface area contributed by atoms with E-state index in [2.05, 4.69) is 10.00 Å². The maximum Gasteiger partial charge on any atom is 0.266 e. The van der Waals surface area contributed by atoms with Crippen molar-refractivity contribution in [2.75, 3.05) is 13.1 Å². The second-order valence-corrected chi connectivity index (χ2v) is 8.64. The highest BCUT2D eigenvalue weighted by molar-refractivity contribution is 7.13. The van der Waals surface area contributed by atoms with E-state index in [0.717, 1.165) is 40.8 Å². The number of piperidine rings is 1. The first kappa shape index (κ1) is 19.3. The third kappa shape index (κ3) is 4.36. The zero-order valence-electron chi connectivity index (χ0n) is 15.4. The predicted molar refractivity (Wildman–Crippen MR) is 113 cm³/mol. The van der Waals surface area contributed by atoms with Gasteiger partial charge in [0.15, 0.2) is 0 Å². The molecule has 3 aromatic rings. The molecule has 7 heteroatoms. The van der Waals surface area contributed by atoms with Gasteiger partial charge in [0.1, 0.15) is 5.69 Å². The molecule has 3 heterocycles. The maximum absolute atomic E-state index is 12.3. The molecule has 0 unspecified atom stereocenters. The standard InChI is InChI=1S/C21H22ClN3O2S/c22-17-5-2-1-4-16(17)14-24-11-9-21(27,10-12-24)15-25-20(26)8-7-18(23-25)19-6-3-13-28-19/h1-8,13,27H,9-12,14-15H2. The number of rotatable bonds is 5. The van der Waals surface area contributed by atoms with Gasteiger partial charge in [-0.3, -0.25) is 9.69 Å². The average Bonchev–Trinajstić information content (AvgIpc) is 3.22. The molecule has 1 fully saturated rings. The highest BCUT2D eigenvalue weighted by Gasteiger charge is 2.33. The van der Waals surface area contributed by atoms with Crippen LogP contribution in [0.1, 0.15) is 18.4 Å². The number of thiophene rings is 1. The van der Waals surface area contributed by atoms with Crippen molar-refractivity contribution in [3.8, 4) is 10.6 Å². The molecule has 1 aliphatic heterocycles. The Labute approximate surface area is 172 Å². The number of aliphatic hydroxyl groups is 1. The summed E-state index contributed by atoms with van der Waals surface area (Å²) in [5, 5.41) is 18.3. The number of nitrogens with zero attached hydrogens (tertiary/aromatic N) is 3. The van der Waals surface area contributed by atoms with Crippen LogP contribution in [0.2, 0.25) is 5.02 Å². The molecule has 146 valence electrons. The van der Waals surface area contributed by atoms with E-state index in [1.165, 1.54) is 10.7 Å². The summed E-state index contributed by atoms with van der Waals surface area (Å²) >= 11 is 7.84. The predicted octanol–water partition coefficient (Wildman–Crippen LogP) is 3.65. The first-order chi connectivity index (χ1) is 13.5. The van der Waals surface area contributed by atoms with Crippen molar-refractivity contribution in [3.63, 3.8) is 0 Å². The van der Waals surface area contributed by atoms with Crippen molar-refractivity contribution in [2.45, 2.75) is 31.5 Å². The van der Waals surface area contributed by atoms with Gasteiger partial charge in [-0.1, -0.05) is 35.9 Å². The van der Waals surface area contributed by atoms with Gasteiger partial charge in [0.25, 0.3) is 5.56 Å². The van der Waals surface area contributed by atoms with Crippen LogP contribution in [0.25, 0.3) is 10.6 Å². The molecule has 0 saturated carbocycles. The lowest BCUT2D eigenvalue weighted by Gasteiger charge is -2.38. The second-order valence-electron chi connectivity index (χ2n) is 7.28. The first-order valence-corrected chi connectivity index (χ1v) is 10.6. The number of benzene rings is 1. The molecule has 0 aliphatic carbocycles. The second kappa shape index (κ2) is 8.17. The van der Waals surface area contributed by atoms with Gasteiger partial charge >= 0.3 is 0 Å².